The maximum Gasteiger partial charge on any atom is 0.276 e. The number of aromatic nitrogens is 1. The van der Waals surface area contributed by atoms with Crippen LogP contribution in [0.4, 0.5) is 5.69 Å². The number of anilines is 1. The molecule has 6 nitrogen and oxygen atoms in total. The summed E-state index contributed by atoms with van der Waals surface area (Å²) in [5.74, 6) is 2.64. The molecule has 1 aliphatic carbocycles. The summed E-state index contributed by atoms with van der Waals surface area (Å²) in [5.41, 5.74) is 1.65. The van der Waals surface area contributed by atoms with Crippen LogP contribution in [0.1, 0.15) is 47.3 Å². The number of oxazole rings is 1. The van der Waals surface area contributed by atoms with Crippen molar-refractivity contribution < 1.29 is 13.9 Å². The smallest absolute Gasteiger partial charge is 0.276 e. The molecule has 0 spiro atoms. The van der Waals surface area contributed by atoms with Gasteiger partial charge in [-0.05, 0) is 44.0 Å². The molecule has 1 amide bonds. The van der Waals surface area contributed by atoms with E-state index in [2.05, 4.69) is 22.0 Å². The summed E-state index contributed by atoms with van der Waals surface area (Å²) in [5, 5.41) is 0. The summed E-state index contributed by atoms with van der Waals surface area (Å²) >= 11 is 0. The van der Waals surface area contributed by atoms with Gasteiger partial charge in [0.25, 0.3) is 5.91 Å². The highest BCUT2D eigenvalue weighted by Crippen LogP contribution is 2.36. The van der Waals surface area contributed by atoms with Crippen molar-refractivity contribution in [1.82, 2.24) is 9.88 Å². The molecule has 1 aliphatic heterocycles. The zero-order valence-electron chi connectivity index (χ0n) is 15.4. The lowest BCUT2D eigenvalue weighted by atomic mass is 9.85. The van der Waals surface area contributed by atoms with Crippen LogP contribution >= 0.6 is 0 Å². The van der Waals surface area contributed by atoms with Gasteiger partial charge in [0.2, 0.25) is 0 Å². The largest absolute Gasteiger partial charge is 0.497 e. The van der Waals surface area contributed by atoms with Gasteiger partial charge in [0.15, 0.2) is 11.6 Å². The first-order valence-electron chi connectivity index (χ1n) is 9.31. The number of rotatable bonds is 4. The molecule has 2 heterocycles. The van der Waals surface area contributed by atoms with E-state index in [0.717, 1.165) is 43.3 Å². The molecule has 1 saturated carbocycles. The van der Waals surface area contributed by atoms with E-state index in [1.165, 1.54) is 6.42 Å². The third-order valence-electron chi connectivity index (χ3n) is 5.47. The average molecular weight is 355 g/mol. The highest BCUT2D eigenvalue weighted by molar-refractivity contribution is 5.93. The number of hydrogen-bond donors (Lipinski definition) is 0. The Bertz CT molecular complexity index is 772. The van der Waals surface area contributed by atoms with Gasteiger partial charge in [-0.15, -0.1) is 0 Å². The number of carbonyl (C=O) groups is 1. The Balaban J connectivity index is 1.39. The summed E-state index contributed by atoms with van der Waals surface area (Å²) in [6.07, 6.45) is 3.46. The second-order valence-electron chi connectivity index (χ2n) is 7.06. The van der Waals surface area contributed by atoms with Gasteiger partial charge >= 0.3 is 0 Å². The minimum atomic E-state index is -0.00814. The number of amides is 1. The maximum absolute atomic E-state index is 12.9. The predicted octanol–water partition coefficient (Wildman–Crippen LogP) is 3.22. The molecule has 4 rings (SSSR count). The molecule has 2 aromatic rings. The summed E-state index contributed by atoms with van der Waals surface area (Å²) in [6.45, 7) is 4.84. The normalized spacial score (nSPS) is 17.9. The second kappa shape index (κ2) is 7.02. The van der Waals surface area contributed by atoms with Gasteiger partial charge in [0.1, 0.15) is 11.5 Å². The van der Waals surface area contributed by atoms with Crippen molar-refractivity contribution in [3.63, 3.8) is 0 Å². The molecule has 0 atom stereocenters. The fourth-order valence-electron chi connectivity index (χ4n) is 3.56. The molecular formula is C20H25N3O3. The Hall–Kier alpha value is -2.50. The van der Waals surface area contributed by atoms with Crippen LogP contribution in [-0.2, 0) is 0 Å². The van der Waals surface area contributed by atoms with Crippen LogP contribution in [0.25, 0.3) is 0 Å². The molecule has 0 bridgehead atoms. The van der Waals surface area contributed by atoms with Gasteiger partial charge in [0.05, 0.1) is 7.11 Å². The third-order valence-corrected chi connectivity index (χ3v) is 5.47. The Morgan fingerprint density at radius 3 is 2.42 bits per heavy atom. The zero-order chi connectivity index (χ0) is 18.1. The first-order valence-corrected chi connectivity index (χ1v) is 9.31. The summed E-state index contributed by atoms with van der Waals surface area (Å²) in [6, 6.07) is 8.05. The Kier molecular flexibility index (Phi) is 4.57. The van der Waals surface area contributed by atoms with E-state index in [-0.39, 0.29) is 5.91 Å². The Morgan fingerprint density at radius 1 is 1.15 bits per heavy atom. The Morgan fingerprint density at radius 2 is 1.85 bits per heavy atom. The number of ether oxygens (including phenoxy) is 1. The van der Waals surface area contributed by atoms with E-state index < -0.39 is 0 Å². The fourth-order valence-corrected chi connectivity index (χ4v) is 3.56. The van der Waals surface area contributed by atoms with Crippen LogP contribution in [0, 0.1) is 6.92 Å². The number of benzene rings is 1. The summed E-state index contributed by atoms with van der Waals surface area (Å²) < 4.78 is 11.0. The number of methoxy groups -OCH3 is 1. The highest BCUT2D eigenvalue weighted by atomic mass is 16.5. The van der Waals surface area contributed by atoms with Crippen molar-refractivity contribution in [1.29, 1.82) is 0 Å². The lowest BCUT2D eigenvalue weighted by Gasteiger charge is -2.35. The van der Waals surface area contributed by atoms with E-state index in [1.807, 2.05) is 24.0 Å². The molecular weight excluding hydrogens is 330 g/mol. The van der Waals surface area contributed by atoms with E-state index in [9.17, 15) is 4.79 Å². The molecule has 6 heteroatoms. The lowest BCUT2D eigenvalue weighted by molar-refractivity contribution is 0.0739. The van der Waals surface area contributed by atoms with Crippen LogP contribution in [0.2, 0.25) is 0 Å². The van der Waals surface area contributed by atoms with Gasteiger partial charge in [-0.25, -0.2) is 4.98 Å². The first kappa shape index (κ1) is 16.9. The zero-order valence-corrected chi connectivity index (χ0v) is 15.4. The predicted molar refractivity (Wildman–Crippen MR) is 98.9 cm³/mol. The number of aryl methyl sites for hydroxylation is 1. The number of piperazine rings is 1. The van der Waals surface area contributed by atoms with E-state index in [4.69, 9.17) is 9.15 Å². The van der Waals surface area contributed by atoms with Crippen molar-refractivity contribution in [3.05, 3.63) is 41.6 Å². The molecule has 26 heavy (non-hydrogen) atoms. The molecule has 2 fully saturated rings. The van der Waals surface area contributed by atoms with Crippen LogP contribution in [0.5, 0.6) is 5.75 Å². The molecule has 1 saturated heterocycles. The summed E-state index contributed by atoms with van der Waals surface area (Å²) in [4.78, 5) is 21.6. The van der Waals surface area contributed by atoms with E-state index >= 15 is 0 Å². The van der Waals surface area contributed by atoms with Crippen molar-refractivity contribution in [3.8, 4) is 5.75 Å². The van der Waals surface area contributed by atoms with Crippen molar-refractivity contribution in [2.45, 2.75) is 32.1 Å². The van der Waals surface area contributed by atoms with Gasteiger partial charge in [-0.1, -0.05) is 6.42 Å². The van der Waals surface area contributed by atoms with Crippen LogP contribution in [-0.4, -0.2) is 49.1 Å². The minimum absolute atomic E-state index is 0.00814. The third kappa shape index (κ3) is 3.16. The SMILES string of the molecule is COc1ccc(N2CCN(C(=O)c3nc(C4CCC4)oc3C)CC2)cc1. The lowest BCUT2D eigenvalue weighted by Crippen LogP contribution is -2.49. The minimum Gasteiger partial charge on any atom is -0.497 e. The van der Waals surface area contributed by atoms with E-state index in [0.29, 0.717) is 30.5 Å². The quantitative estimate of drug-likeness (QED) is 0.843. The van der Waals surface area contributed by atoms with Gasteiger partial charge in [-0.2, -0.15) is 0 Å². The van der Waals surface area contributed by atoms with Crippen LogP contribution in [0.3, 0.4) is 0 Å². The molecule has 0 unspecified atom stereocenters. The van der Waals surface area contributed by atoms with Gasteiger partial charge < -0.3 is 19.0 Å². The van der Waals surface area contributed by atoms with Crippen molar-refractivity contribution >= 4 is 11.6 Å². The van der Waals surface area contributed by atoms with Crippen molar-refractivity contribution in [2.75, 3.05) is 38.2 Å². The monoisotopic (exact) mass is 355 g/mol. The number of carbonyl (C=O) groups excluding carboxylic acids is 1. The maximum atomic E-state index is 12.9. The molecule has 0 radical (unpaired) electrons. The highest BCUT2D eigenvalue weighted by Gasteiger charge is 2.30. The molecule has 1 aromatic carbocycles. The van der Waals surface area contributed by atoms with Crippen LogP contribution < -0.4 is 9.64 Å². The second-order valence-corrected chi connectivity index (χ2v) is 7.06. The standard InChI is InChI=1S/C20H25N3O3/c1-14-18(21-19(26-14)15-4-3-5-15)20(24)23-12-10-22(11-13-23)16-6-8-17(25-2)9-7-16/h6-9,15H,3-5,10-13H2,1-2H3. The molecule has 138 valence electrons. The van der Waals surface area contributed by atoms with Crippen LogP contribution in [0.15, 0.2) is 28.7 Å². The Labute approximate surface area is 153 Å². The molecule has 2 aliphatic rings. The van der Waals surface area contributed by atoms with Crippen molar-refractivity contribution in [2.24, 2.45) is 0 Å². The molecule has 1 aromatic heterocycles. The number of hydrogen-bond acceptors (Lipinski definition) is 5. The number of nitrogens with zero attached hydrogens (tertiary/aromatic N) is 3. The topological polar surface area (TPSA) is 58.8 Å². The average Bonchev–Trinajstić information content (AvgIpc) is 3.01. The molecule has 0 N–H and O–H groups in total. The van der Waals surface area contributed by atoms with Gasteiger partial charge in [0, 0.05) is 37.8 Å². The first-order chi connectivity index (χ1) is 12.7. The fraction of sp³-hybridized carbons (Fsp3) is 0.500. The summed E-state index contributed by atoms with van der Waals surface area (Å²) in [7, 11) is 1.67. The van der Waals surface area contributed by atoms with E-state index in [1.54, 1.807) is 7.11 Å². The van der Waals surface area contributed by atoms with Gasteiger partial charge in [-0.3, -0.25) is 4.79 Å².